The fourth-order valence-corrected chi connectivity index (χ4v) is 3.99. The minimum Gasteiger partial charge on any atom is -0.468 e. The third kappa shape index (κ3) is 14.8. The molecule has 0 spiro atoms. The van der Waals surface area contributed by atoms with Crippen LogP contribution in [0.5, 0.6) is 0 Å². The van der Waals surface area contributed by atoms with E-state index in [1.54, 1.807) is 7.11 Å². The molecule has 0 unspecified atom stereocenters. The van der Waals surface area contributed by atoms with Crippen molar-refractivity contribution in [1.82, 2.24) is 0 Å². The predicted octanol–water partition coefficient (Wildman–Crippen LogP) is 7.77. The van der Waals surface area contributed by atoms with E-state index in [2.05, 4.69) is 36.1 Å². The van der Waals surface area contributed by atoms with Gasteiger partial charge in [0.2, 0.25) is 5.91 Å². The Morgan fingerprint density at radius 3 is 1.73 bits per heavy atom. The van der Waals surface area contributed by atoms with Crippen molar-refractivity contribution in [1.29, 1.82) is 0 Å². The van der Waals surface area contributed by atoms with Crippen molar-refractivity contribution in [3.8, 4) is 0 Å². The molecule has 2 amide bonds. The number of hydrogen-bond donors (Lipinski definition) is 2. The molecule has 246 valence electrons. The summed E-state index contributed by atoms with van der Waals surface area (Å²) in [7, 11) is 1.72. The van der Waals surface area contributed by atoms with E-state index in [1.807, 2.05) is 69.3 Å². The lowest BCUT2D eigenvalue weighted by molar-refractivity contribution is -0.129. The molecule has 0 aliphatic carbocycles. The molecule has 0 aliphatic rings. The molecule has 2 rings (SSSR count). The lowest BCUT2D eigenvalue weighted by Gasteiger charge is -2.27. The average Bonchev–Trinajstić information content (AvgIpc) is 3.04. The number of amides is 2. The van der Waals surface area contributed by atoms with Crippen LogP contribution in [0.4, 0.5) is 16.2 Å². The second-order valence-electron chi connectivity index (χ2n) is 11.2. The summed E-state index contributed by atoms with van der Waals surface area (Å²) in [4.78, 5) is 34.3. The van der Waals surface area contributed by atoms with Crippen molar-refractivity contribution in [3.63, 3.8) is 0 Å². The summed E-state index contributed by atoms with van der Waals surface area (Å²) in [5.41, 5.74) is 3.36. The van der Waals surface area contributed by atoms with Crippen LogP contribution in [0, 0.1) is 5.41 Å². The molecule has 2 N–H and O–H groups in total. The third-order valence-electron chi connectivity index (χ3n) is 8.08. The fraction of sp³-hybridized carbons (Fsp3) is 0.571. The summed E-state index contributed by atoms with van der Waals surface area (Å²) in [6.07, 6.45) is 5.38. The molecular formula is C35H54N2O7. The topological polar surface area (TPSA) is 112 Å². The summed E-state index contributed by atoms with van der Waals surface area (Å²) in [6, 6.07) is 15.4. The van der Waals surface area contributed by atoms with Crippen LogP contribution < -0.4 is 10.6 Å². The molecule has 9 nitrogen and oxygen atoms in total. The number of carbonyl (C=O) groups is 3. The van der Waals surface area contributed by atoms with E-state index in [4.69, 9.17) is 14.2 Å². The Labute approximate surface area is 264 Å². The quantitative estimate of drug-likeness (QED) is 0.123. The SMILES string of the molecule is CCC(C)(CC)C(=O)Nc1ccc(Cc2ccc(NC(=O)OCCCOC=O)cc2)cc1.CCC(C)(CC)OCCCOC. The average molecular weight is 615 g/mol. The Morgan fingerprint density at radius 1 is 0.727 bits per heavy atom. The zero-order valence-electron chi connectivity index (χ0n) is 27.8. The Morgan fingerprint density at radius 2 is 1.25 bits per heavy atom. The van der Waals surface area contributed by atoms with Gasteiger partial charge in [-0.1, -0.05) is 58.9 Å². The monoisotopic (exact) mass is 614 g/mol. The van der Waals surface area contributed by atoms with E-state index >= 15 is 0 Å². The normalized spacial score (nSPS) is 11.2. The predicted molar refractivity (Wildman–Crippen MR) is 176 cm³/mol. The molecule has 0 aromatic heterocycles. The second-order valence-corrected chi connectivity index (χ2v) is 11.2. The van der Waals surface area contributed by atoms with Crippen LogP contribution >= 0.6 is 0 Å². The van der Waals surface area contributed by atoms with Gasteiger partial charge in [0.05, 0.1) is 18.8 Å². The number of rotatable bonds is 19. The first-order valence-corrected chi connectivity index (χ1v) is 15.7. The first kappa shape index (κ1) is 38.6. The maximum absolute atomic E-state index is 12.5. The highest BCUT2D eigenvalue weighted by atomic mass is 16.6. The van der Waals surface area contributed by atoms with Crippen molar-refractivity contribution in [2.24, 2.45) is 5.41 Å². The summed E-state index contributed by atoms with van der Waals surface area (Å²) < 4.78 is 20.2. The van der Waals surface area contributed by atoms with Crippen LogP contribution in [0.1, 0.15) is 91.2 Å². The fourth-order valence-electron chi connectivity index (χ4n) is 3.99. The molecule has 0 fully saturated rings. The van der Waals surface area contributed by atoms with Crippen LogP contribution in [0.2, 0.25) is 0 Å². The van der Waals surface area contributed by atoms with Crippen LogP contribution in [0.25, 0.3) is 0 Å². The van der Waals surface area contributed by atoms with E-state index in [0.29, 0.717) is 18.6 Å². The number of nitrogens with one attached hydrogen (secondary N) is 2. The van der Waals surface area contributed by atoms with E-state index in [9.17, 15) is 14.4 Å². The van der Waals surface area contributed by atoms with Gasteiger partial charge in [0.15, 0.2) is 0 Å². The van der Waals surface area contributed by atoms with Crippen LogP contribution in [0.3, 0.4) is 0 Å². The molecule has 9 heteroatoms. The summed E-state index contributed by atoms with van der Waals surface area (Å²) in [5, 5.41) is 5.67. The first-order chi connectivity index (χ1) is 21.1. The molecule has 2 aromatic carbocycles. The lowest BCUT2D eigenvalue weighted by Crippen LogP contribution is -2.32. The van der Waals surface area contributed by atoms with Crippen molar-refractivity contribution in [3.05, 3.63) is 59.7 Å². The molecule has 0 aliphatic heterocycles. The third-order valence-corrected chi connectivity index (χ3v) is 8.08. The Balaban J connectivity index is 0.000000681. The molecule has 0 radical (unpaired) electrons. The van der Waals surface area contributed by atoms with Gasteiger partial charge in [-0.25, -0.2) is 4.79 Å². The zero-order chi connectivity index (χ0) is 32.8. The molecule has 44 heavy (non-hydrogen) atoms. The molecular weight excluding hydrogens is 560 g/mol. The van der Waals surface area contributed by atoms with Crippen molar-refractivity contribution in [2.75, 3.05) is 44.2 Å². The van der Waals surface area contributed by atoms with Gasteiger partial charge in [0.25, 0.3) is 6.47 Å². The summed E-state index contributed by atoms with van der Waals surface area (Å²) in [5.74, 6) is 0.0474. The molecule has 0 saturated carbocycles. The first-order valence-electron chi connectivity index (χ1n) is 15.7. The number of carbonyl (C=O) groups excluding carboxylic acids is 3. The van der Waals surface area contributed by atoms with Gasteiger partial charge in [-0.05, 0) is 80.8 Å². The van der Waals surface area contributed by atoms with Crippen molar-refractivity contribution in [2.45, 2.75) is 92.1 Å². The smallest absolute Gasteiger partial charge is 0.411 e. The van der Waals surface area contributed by atoms with Gasteiger partial charge < -0.3 is 24.3 Å². The van der Waals surface area contributed by atoms with Gasteiger partial charge >= 0.3 is 6.09 Å². The van der Waals surface area contributed by atoms with Crippen LogP contribution in [-0.2, 0) is 35.0 Å². The van der Waals surface area contributed by atoms with Crippen LogP contribution in [0.15, 0.2) is 48.5 Å². The highest BCUT2D eigenvalue weighted by Gasteiger charge is 2.29. The van der Waals surface area contributed by atoms with Gasteiger partial charge in [0.1, 0.15) is 0 Å². The minimum atomic E-state index is -0.552. The van der Waals surface area contributed by atoms with Gasteiger partial charge in [0, 0.05) is 43.5 Å². The largest absolute Gasteiger partial charge is 0.468 e. The highest BCUT2D eigenvalue weighted by Crippen LogP contribution is 2.27. The number of hydrogen-bond acceptors (Lipinski definition) is 7. The van der Waals surface area contributed by atoms with Gasteiger partial charge in [-0.2, -0.15) is 0 Å². The Bertz CT molecular complexity index is 1080. The standard InChI is InChI=1S/C25H32N2O5.C10H22O2/c1-4-25(3,5-2)23(29)26-21-11-7-19(8-12-21)17-20-9-13-22(14-10-20)27-24(30)32-16-6-15-31-18-28;1-5-10(3,6-2)12-9-7-8-11-4/h7-14,18H,4-6,15-17H2,1-3H3,(H,26,29)(H,27,30);5-9H2,1-4H3. The lowest BCUT2D eigenvalue weighted by atomic mass is 9.84. The summed E-state index contributed by atoms with van der Waals surface area (Å²) >= 11 is 0. The highest BCUT2D eigenvalue weighted by molar-refractivity contribution is 5.95. The number of ether oxygens (including phenoxy) is 4. The van der Waals surface area contributed by atoms with Crippen LogP contribution in [-0.4, -0.2) is 57.6 Å². The van der Waals surface area contributed by atoms with Crippen molar-refractivity contribution < 1.29 is 33.3 Å². The maximum atomic E-state index is 12.5. The summed E-state index contributed by atoms with van der Waals surface area (Å²) in [6.45, 7) is 14.9. The molecule has 0 heterocycles. The van der Waals surface area contributed by atoms with Gasteiger partial charge in [-0.3, -0.25) is 14.9 Å². The molecule has 0 saturated heterocycles. The van der Waals surface area contributed by atoms with Gasteiger partial charge in [-0.15, -0.1) is 0 Å². The zero-order valence-corrected chi connectivity index (χ0v) is 27.8. The Hall–Kier alpha value is -3.43. The number of benzene rings is 2. The minimum absolute atomic E-state index is 0.0474. The van der Waals surface area contributed by atoms with Crippen molar-refractivity contribution >= 4 is 29.8 Å². The number of anilines is 2. The van der Waals surface area contributed by atoms with E-state index in [-0.39, 0.29) is 30.1 Å². The molecule has 2 aromatic rings. The van der Waals surface area contributed by atoms with E-state index < -0.39 is 6.09 Å². The molecule has 0 atom stereocenters. The maximum Gasteiger partial charge on any atom is 0.411 e. The Kier molecular flexibility index (Phi) is 18.7. The van der Waals surface area contributed by atoms with E-state index in [0.717, 1.165) is 68.6 Å². The molecule has 0 bridgehead atoms. The van der Waals surface area contributed by atoms with E-state index in [1.165, 1.54) is 0 Å². The number of methoxy groups -OCH3 is 1. The second kappa shape index (κ2) is 21.3.